The van der Waals surface area contributed by atoms with Gasteiger partial charge in [0.05, 0.1) is 0 Å². The van der Waals surface area contributed by atoms with Crippen LogP contribution >= 0.6 is 11.6 Å². The Hall–Kier alpha value is -0.280. The van der Waals surface area contributed by atoms with Crippen LogP contribution in [-0.2, 0) is 4.79 Å². The molecule has 0 aliphatic carbocycles. The van der Waals surface area contributed by atoms with Crippen LogP contribution in [0.15, 0.2) is 0 Å². The smallest absolute Gasteiger partial charge is 0.220 e. The zero-order valence-corrected chi connectivity index (χ0v) is 10.8. The molecule has 0 radical (unpaired) electrons. The minimum absolute atomic E-state index is 0.136. The average Bonchev–Trinajstić information content (AvgIpc) is 2.18. The topological polar surface area (TPSA) is 32.3 Å². The van der Waals surface area contributed by atoms with E-state index in [1.807, 2.05) is 0 Å². The van der Waals surface area contributed by atoms with E-state index < -0.39 is 0 Å². The van der Waals surface area contributed by atoms with Crippen molar-refractivity contribution in [2.24, 2.45) is 0 Å². The van der Waals surface area contributed by atoms with Crippen molar-refractivity contribution in [3.05, 3.63) is 0 Å². The summed E-state index contributed by atoms with van der Waals surface area (Å²) in [6.07, 6.45) is 2.40. The summed E-state index contributed by atoms with van der Waals surface area (Å²) in [6, 6.07) is 0.526. The van der Waals surface area contributed by atoms with Gasteiger partial charge in [0.15, 0.2) is 0 Å². The second-order valence-corrected chi connectivity index (χ2v) is 4.45. The Kier molecular flexibility index (Phi) is 8.82. The van der Waals surface area contributed by atoms with Gasteiger partial charge in [-0.2, -0.15) is 0 Å². The fourth-order valence-electron chi connectivity index (χ4n) is 1.10. The van der Waals surface area contributed by atoms with Crippen molar-refractivity contribution in [2.45, 2.75) is 39.2 Å². The van der Waals surface area contributed by atoms with Crippen molar-refractivity contribution in [1.82, 2.24) is 10.2 Å². The van der Waals surface area contributed by atoms with Gasteiger partial charge in [-0.05, 0) is 33.7 Å². The first-order valence-corrected chi connectivity index (χ1v) is 6.14. The first-order valence-electron chi connectivity index (χ1n) is 5.60. The summed E-state index contributed by atoms with van der Waals surface area (Å²) in [6.45, 7) is 5.91. The number of likely N-dealkylation sites (N-methyl/N-ethyl adjacent to an activating group) is 1. The van der Waals surface area contributed by atoms with Gasteiger partial charge in [0, 0.05) is 31.4 Å². The van der Waals surface area contributed by atoms with Crippen molar-refractivity contribution in [3.8, 4) is 0 Å². The zero-order valence-electron chi connectivity index (χ0n) is 10.1. The number of rotatable bonds is 8. The van der Waals surface area contributed by atoms with Gasteiger partial charge >= 0.3 is 0 Å². The Morgan fingerprint density at radius 3 is 2.60 bits per heavy atom. The monoisotopic (exact) mass is 234 g/mol. The van der Waals surface area contributed by atoms with Crippen LogP contribution < -0.4 is 5.32 Å². The Morgan fingerprint density at radius 1 is 1.40 bits per heavy atom. The summed E-state index contributed by atoms with van der Waals surface area (Å²) >= 11 is 5.53. The van der Waals surface area contributed by atoms with Gasteiger partial charge in [-0.1, -0.05) is 0 Å². The summed E-state index contributed by atoms with van der Waals surface area (Å²) in [5, 5.41) is 2.90. The van der Waals surface area contributed by atoms with E-state index in [1.54, 1.807) is 0 Å². The molecule has 0 bridgehead atoms. The minimum Gasteiger partial charge on any atom is -0.355 e. The molecule has 0 saturated carbocycles. The minimum atomic E-state index is 0.136. The third kappa shape index (κ3) is 8.70. The van der Waals surface area contributed by atoms with Crippen molar-refractivity contribution in [2.75, 3.05) is 26.0 Å². The molecule has 0 aromatic carbocycles. The molecule has 0 rings (SSSR count). The number of unbranched alkanes of at least 4 members (excludes halogenated alkanes) is 1. The highest BCUT2D eigenvalue weighted by atomic mass is 35.5. The van der Waals surface area contributed by atoms with E-state index in [-0.39, 0.29) is 5.91 Å². The van der Waals surface area contributed by atoms with E-state index in [0.29, 0.717) is 18.3 Å². The molecule has 0 spiro atoms. The Labute approximate surface area is 98.2 Å². The van der Waals surface area contributed by atoms with Crippen LogP contribution in [-0.4, -0.2) is 42.9 Å². The molecule has 0 heterocycles. The lowest BCUT2D eigenvalue weighted by Crippen LogP contribution is -2.36. The van der Waals surface area contributed by atoms with Crippen LogP contribution in [0, 0.1) is 0 Å². The molecule has 15 heavy (non-hydrogen) atoms. The summed E-state index contributed by atoms with van der Waals surface area (Å²) in [5.41, 5.74) is 0. The zero-order chi connectivity index (χ0) is 11.7. The molecule has 0 atom stereocenters. The van der Waals surface area contributed by atoms with Crippen LogP contribution in [0.5, 0.6) is 0 Å². The van der Waals surface area contributed by atoms with E-state index in [4.69, 9.17) is 11.6 Å². The lowest BCUT2D eigenvalue weighted by atomic mass is 10.2. The molecular weight excluding hydrogens is 212 g/mol. The third-order valence-electron chi connectivity index (χ3n) is 2.46. The number of amides is 1. The predicted octanol–water partition coefficient (Wildman–Crippen LogP) is 1.85. The first-order chi connectivity index (χ1) is 7.07. The molecule has 0 aliphatic rings. The lowest BCUT2D eigenvalue weighted by Gasteiger charge is -2.20. The molecule has 0 saturated heterocycles. The van der Waals surface area contributed by atoms with Gasteiger partial charge in [0.1, 0.15) is 0 Å². The van der Waals surface area contributed by atoms with Crippen molar-refractivity contribution < 1.29 is 4.79 Å². The summed E-state index contributed by atoms with van der Waals surface area (Å²) in [7, 11) is 2.06. The molecule has 3 nitrogen and oxygen atoms in total. The quantitative estimate of drug-likeness (QED) is 0.514. The van der Waals surface area contributed by atoms with Gasteiger partial charge in [0.2, 0.25) is 5.91 Å². The van der Waals surface area contributed by atoms with Gasteiger partial charge in [-0.25, -0.2) is 0 Å². The highest BCUT2D eigenvalue weighted by Crippen LogP contribution is 1.97. The molecule has 4 heteroatoms. The summed E-state index contributed by atoms with van der Waals surface area (Å²) < 4.78 is 0. The van der Waals surface area contributed by atoms with Gasteiger partial charge in [-0.3, -0.25) is 4.79 Å². The standard InChI is InChI=1S/C11H23ClN2O/c1-10(2)14(3)9-8-13-11(15)6-4-5-7-12/h10H,4-9H2,1-3H3,(H,13,15). The maximum Gasteiger partial charge on any atom is 0.220 e. The fourth-order valence-corrected chi connectivity index (χ4v) is 1.29. The fraction of sp³-hybridized carbons (Fsp3) is 0.909. The third-order valence-corrected chi connectivity index (χ3v) is 2.72. The Balaban J connectivity index is 3.38. The van der Waals surface area contributed by atoms with Gasteiger partial charge < -0.3 is 10.2 Å². The molecule has 0 fully saturated rings. The van der Waals surface area contributed by atoms with Crippen LogP contribution in [0.3, 0.4) is 0 Å². The van der Waals surface area contributed by atoms with Crippen molar-refractivity contribution in [1.29, 1.82) is 0 Å². The second-order valence-electron chi connectivity index (χ2n) is 4.07. The number of carbonyl (C=O) groups excluding carboxylic acids is 1. The number of nitrogens with one attached hydrogen (secondary N) is 1. The van der Waals surface area contributed by atoms with Crippen molar-refractivity contribution in [3.63, 3.8) is 0 Å². The summed E-state index contributed by atoms with van der Waals surface area (Å²) in [5.74, 6) is 0.779. The maximum absolute atomic E-state index is 11.3. The van der Waals surface area contributed by atoms with Crippen LogP contribution in [0.1, 0.15) is 33.1 Å². The van der Waals surface area contributed by atoms with E-state index in [0.717, 1.165) is 25.9 Å². The van der Waals surface area contributed by atoms with Crippen LogP contribution in [0.4, 0.5) is 0 Å². The van der Waals surface area contributed by atoms with Crippen LogP contribution in [0.25, 0.3) is 0 Å². The molecule has 0 aromatic heterocycles. The van der Waals surface area contributed by atoms with Gasteiger partial charge in [0.25, 0.3) is 0 Å². The number of hydrogen-bond acceptors (Lipinski definition) is 2. The predicted molar refractivity (Wildman–Crippen MR) is 65.3 cm³/mol. The normalized spacial score (nSPS) is 11.1. The number of nitrogens with zero attached hydrogens (tertiary/aromatic N) is 1. The largest absolute Gasteiger partial charge is 0.355 e. The highest BCUT2D eigenvalue weighted by molar-refractivity contribution is 6.17. The second kappa shape index (κ2) is 8.98. The summed E-state index contributed by atoms with van der Waals surface area (Å²) in [4.78, 5) is 13.5. The molecule has 0 aliphatic heterocycles. The van der Waals surface area contributed by atoms with Crippen LogP contribution in [0.2, 0.25) is 0 Å². The first kappa shape index (κ1) is 14.7. The van der Waals surface area contributed by atoms with Crippen molar-refractivity contribution >= 4 is 17.5 Å². The molecule has 1 N–H and O–H groups in total. The Morgan fingerprint density at radius 2 is 2.07 bits per heavy atom. The average molecular weight is 235 g/mol. The number of carbonyl (C=O) groups is 1. The van der Waals surface area contributed by atoms with E-state index in [1.165, 1.54) is 0 Å². The molecule has 90 valence electrons. The molecular formula is C11H23ClN2O. The highest BCUT2D eigenvalue weighted by Gasteiger charge is 2.04. The van der Waals surface area contributed by atoms with E-state index >= 15 is 0 Å². The maximum atomic E-state index is 11.3. The molecule has 0 unspecified atom stereocenters. The molecule has 0 aromatic rings. The lowest BCUT2D eigenvalue weighted by molar-refractivity contribution is -0.121. The number of alkyl halides is 1. The SMILES string of the molecule is CC(C)N(C)CCNC(=O)CCCCCl. The van der Waals surface area contributed by atoms with E-state index in [2.05, 4.69) is 31.1 Å². The molecule has 1 amide bonds. The Bertz CT molecular complexity index is 174. The number of halogens is 1. The number of hydrogen-bond donors (Lipinski definition) is 1. The van der Waals surface area contributed by atoms with E-state index in [9.17, 15) is 4.79 Å². The van der Waals surface area contributed by atoms with Gasteiger partial charge in [-0.15, -0.1) is 11.6 Å².